The first-order chi connectivity index (χ1) is 20.8. The van der Waals surface area contributed by atoms with E-state index in [-0.39, 0.29) is 54.3 Å². The number of phenolic OH excluding ortho intramolecular Hbond substituents is 2. The van der Waals surface area contributed by atoms with Crippen LogP contribution in [0.5, 0.6) is 11.5 Å². The third-order valence-corrected chi connectivity index (χ3v) is 14.3. The van der Waals surface area contributed by atoms with Gasteiger partial charge < -0.3 is 40.5 Å². The molecule has 6 aliphatic rings. The molecule has 248 valence electrons. The van der Waals surface area contributed by atoms with Gasteiger partial charge >= 0.3 is 0 Å². The van der Waals surface area contributed by atoms with Crippen molar-refractivity contribution in [2.24, 2.45) is 40.4 Å². The number of ketones is 1. The second-order valence-corrected chi connectivity index (χ2v) is 16.7. The number of aliphatic hydroxyl groups is 5. The second-order valence-electron chi connectivity index (χ2n) is 16.7. The number of hydrogen-bond donors (Lipinski definition) is 7. The highest BCUT2D eigenvalue weighted by Crippen LogP contribution is 2.72. The third kappa shape index (κ3) is 3.80. The van der Waals surface area contributed by atoms with E-state index in [1.165, 1.54) is 12.1 Å². The van der Waals surface area contributed by atoms with Crippen LogP contribution in [0.2, 0.25) is 0 Å². The average molecular weight is 627 g/mol. The third-order valence-electron chi connectivity index (χ3n) is 14.3. The summed E-state index contributed by atoms with van der Waals surface area (Å²) in [5.41, 5.74) is -4.51. The minimum absolute atomic E-state index is 0.0909. The van der Waals surface area contributed by atoms with Crippen molar-refractivity contribution in [3.05, 3.63) is 34.9 Å². The van der Waals surface area contributed by atoms with Gasteiger partial charge in [-0.15, -0.1) is 0 Å². The van der Waals surface area contributed by atoms with Crippen molar-refractivity contribution in [3.63, 3.8) is 0 Å². The molecule has 1 aromatic carbocycles. The van der Waals surface area contributed by atoms with Gasteiger partial charge in [-0.2, -0.15) is 0 Å². The largest absolute Gasteiger partial charge is 0.508 e. The van der Waals surface area contributed by atoms with Gasteiger partial charge in [0, 0.05) is 35.7 Å². The summed E-state index contributed by atoms with van der Waals surface area (Å²) in [6, 6.07) is 2.77. The Morgan fingerprint density at radius 2 is 1.67 bits per heavy atom. The maximum atomic E-state index is 14.4. The summed E-state index contributed by atoms with van der Waals surface area (Å²) in [5.74, 6) is -2.80. The Bertz CT molecular complexity index is 1470. The van der Waals surface area contributed by atoms with Crippen LogP contribution in [0, 0.1) is 40.4 Å². The maximum absolute atomic E-state index is 14.4. The molecule has 0 aromatic heterocycles. The van der Waals surface area contributed by atoms with Crippen molar-refractivity contribution in [2.75, 3.05) is 0 Å². The first-order valence-electron chi connectivity index (χ1n) is 16.8. The fourth-order valence-electron chi connectivity index (χ4n) is 11.7. The summed E-state index contributed by atoms with van der Waals surface area (Å²) in [6.07, 6.45) is 0.143. The lowest BCUT2D eigenvalue weighted by Crippen LogP contribution is -2.67. The van der Waals surface area contributed by atoms with Crippen LogP contribution in [0.3, 0.4) is 0 Å². The zero-order valence-electron chi connectivity index (χ0n) is 27.2. The van der Waals surface area contributed by atoms with Gasteiger partial charge in [0.1, 0.15) is 17.6 Å². The number of benzene rings is 1. The van der Waals surface area contributed by atoms with Gasteiger partial charge in [0.05, 0.1) is 35.1 Å². The van der Waals surface area contributed by atoms with Gasteiger partial charge in [0.25, 0.3) is 0 Å². The highest BCUT2D eigenvalue weighted by Gasteiger charge is 2.76. The van der Waals surface area contributed by atoms with Crippen molar-refractivity contribution in [2.45, 2.75) is 127 Å². The summed E-state index contributed by atoms with van der Waals surface area (Å²) in [7, 11) is 0. The van der Waals surface area contributed by atoms with E-state index < -0.39 is 69.8 Å². The predicted molar refractivity (Wildman–Crippen MR) is 164 cm³/mol. The molecule has 4 fully saturated rings. The molecule has 14 atom stereocenters. The fourth-order valence-corrected chi connectivity index (χ4v) is 11.7. The lowest BCUT2D eigenvalue weighted by molar-refractivity contribution is -0.200. The van der Waals surface area contributed by atoms with Crippen LogP contribution in [0.1, 0.15) is 90.7 Å². The Morgan fingerprint density at radius 1 is 0.978 bits per heavy atom. The van der Waals surface area contributed by atoms with Gasteiger partial charge in [-0.25, -0.2) is 0 Å². The number of aromatic hydroxyl groups is 2. The Hall–Kier alpha value is -2.01. The molecule has 1 heterocycles. The lowest BCUT2D eigenvalue weighted by atomic mass is 9.41. The van der Waals surface area contributed by atoms with E-state index >= 15 is 0 Å². The summed E-state index contributed by atoms with van der Waals surface area (Å²) in [5, 5.41) is 80.9. The Labute approximate surface area is 264 Å². The van der Waals surface area contributed by atoms with Crippen molar-refractivity contribution in [1.82, 2.24) is 0 Å². The van der Waals surface area contributed by atoms with Crippen molar-refractivity contribution < 1.29 is 45.3 Å². The normalized spacial score (nSPS) is 49.6. The van der Waals surface area contributed by atoms with E-state index in [4.69, 9.17) is 4.74 Å². The van der Waals surface area contributed by atoms with Crippen LogP contribution < -0.4 is 0 Å². The molecule has 1 aromatic rings. The van der Waals surface area contributed by atoms with Crippen molar-refractivity contribution in [1.29, 1.82) is 0 Å². The van der Waals surface area contributed by atoms with Crippen molar-refractivity contribution >= 4 is 5.78 Å². The van der Waals surface area contributed by atoms with Gasteiger partial charge in [-0.05, 0) is 91.0 Å². The number of carbonyl (C=O) groups is 1. The molecular formula is C36H50O9. The number of rotatable bonds is 3. The maximum Gasteiger partial charge on any atom is 0.160 e. The number of ether oxygens (including phenoxy) is 1. The molecule has 0 bridgehead atoms. The monoisotopic (exact) mass is 626 g/mol. The summed E-state index contributed by atoms with van der Waals surface area (Å²) in [4.78, 5) is 14.4. The summed E-state index contributed by atoms with van der Waals surface area (Å²) < 4.78 is 6.46. The van der Waals surface area contributed by atoms with E-state index in [9.17, 15) is 40.5 Å². The first kappa shape index (κ1) is 31.6. The quantitative estimate of drug-likeness (QED) is 0.267. The number of carbonyl (C=O) groups excluding carboxylic acids is 1. The van der Waals surface area contributed by atoms with Crippen LogP contribution in [0.15, 0.2) is 23.8 Å². The molecule has 7 N–H and O–H groups in total. The molecular weight excluding hydrogens is 576 g/mol. The Morgan fingerprint density at radius 3 is 2.33 bits per heavy atom. The number of allylic oxidation sites excluding steroid dienone is 1. The summed E-state index contributed by atoms with van der Waals surface area (Å²) >= 11 is 0. The number of phenols is 2. The van der Waals surface area contributed by atoms with Gasteiger partial charge in [-0.1, -0.05) is 34.6 Å². The molecule has 5 aliphatic carbocycles. The van der Waals surface area contributed by atoms with Crippen molar-refractivity contribution in [3.8, 4) is 11.5 Å². The molecule has 9 heteroatoms. The van der Waals surface area contributed by atoms with E-state index in [2.05, 4.69) is 0 Å². The zero-order valence-corrected chi connectivity index (χ0v) is 27.2. The minimum atomic E-state index is -1.61. The van der Waals surface area contributed by atoms with Gasteiger partial charge in [0.15, 0.2) is 5.78 Å². The Kier molecular flexibility index (Phi) is 6.70. The lowest BCUT2D eigenvalue weighted by Gasteiger charge is -2.64. The molecule has 9 nitrogen and oxygen atoms in total. The van der Waals surface area contributed by atoms with E-state index in [1.807, 2.05) is 34.6 Å². The smallest absolute Gasteiger partial charge is 0.160 e. The first-order valence-corrected chi connectivity index (χ1v) is 16.8. The average Bonchev–Trinajstić information content (AvgIpc) is 3.34. The SMILES string of the molecule is CC(C)[C@H](C)[C@H](O)[C@H]1O[C@H]2C[C@]3(O)C4=CC(=O)[C@H]5[C@H]6c7cc(O)cc(O)c7CC[C@@]6(O)[C@@H](O)C[C@]5(C)[C@@H]4CC[C@]3(C)[C@@H]2[C@@]1(C)O. The van der Waals surface area contributed by atoms with Crippen LogP contribution in [-0.2, 0) is 16.0 Å². The molecule has 0 unspecified atom stereocenters. The van der Waals surface area contributed by atoms with E-state index in [0.29, 0.717) is 36.0 Å². The van der Waals surface area contributed by atoms with E-state index in [1.54, 1.807) is 13.0 Å². The topological polar surface area (TPSA) is 168 Å². The molecule has 45 heavy (non-hydrogen) atoms. The zero-order chi connectivity index (χ0) is 32.8. The molecule has 7 rings (SSSR count). The number of hydrogen-bond acceptors (Lipinski definition) is 9. The number of aliphatic hydroxyl groups excluding tert-OH is 2. The standard InChI is InChI=1S/C36H50O9/c1-16(2)17(3)29(41)31-34(6,42)30-25(45-31)14-36(44)22-13-24(39)28-27-20-11-18(37)12-23(38)19(20)7-10-35(27,43)26(40)15-32(28,4)21(22)8-9-33(30,36)5/h11-13,16-17,21,25-31,37-38,40-44H,7-10,14-15H2,1-6H3/t17-,21+,25-,26-,27+,28-,29-,30+,31+,32+,33+,34+,35+,36-/m0/s1. The molecule has 0 radical (unpaired) electrons. The van der Waals surface area contributed by atoms with Crippen LogP contribution in [0.25, 0.3) is 0 Å². The van der Waals surface area contributed by atoms with Crippen LogP contribution in [-0.4, -0.2) is 82.7 Å². The molecule has 0 amide bonds. The predicted octanol–water partition coefficient (Wildman–Crippen LogP) is 3.09. The molecule has 1 saturated heterocycles. The molecule has 0 spiro atoms. The highest BCUT2D eigenvalue weighted by molar-refractivity contribution is 5.96. The minimum Gasteiger partial charge on any atom is -0.508 e. The molecule has 1 aliphatic heterocycles. The highest BCUT2D eigenvalue weighted by atomic mass is 16.5. The summed E-state index contributed by atoms with van der Waals surface area (Å²) in [6.45, 7) is 11.7. The number of fused-ring (bicyclic) bond motifs is 11. The molecule has 3 saturated carbocycles. The van der Waals surface area contributed by atoms with Crippen LogP contribution in [0.4, 0.5) is 0 Å². The van der Waals surface area contributed by atoms with Gasteiger partial charge in [0.2, 0.25) is 0 Å². The second kappa shape index (κ2) is 9.54. The van der Waals surface area contributed by atoms with E-state index in [0.717, 1.165) is 0 Å². The fraction of sp³-hybridized carbons (Fsp3) is 0.750. The van der Waals surface area contributed by atoms with Crippen LogP contribution >= 0.6 is 0 Å². The van der Waals surface area contributed by atoms with Gasteiger partial charge in [-0.3, -0.25) is 4.79 Å². The Balaban J connectivity index is 1.30.